The van der Waals surface area contributed by atoms with Crippen LogP contribution in [0.3, 0.4) is 0 Å². The number of β-amino-alcohol motifs (C(OH)–C–C–N with tert-alkyl or cyclic N) is 1. The van der Waals surface area contributed by atoms with Gasteiger partial charge in [-0.25, -0.2) is 4.39 Å². The lowest BCUT2D eigenvalue weighted by atomic mass is 10.0. The summed E-state index contributed by atoms with van der Waals surface area (Å²) >= 11 is 0. The average molecular weight is 391 g/mol. The smallest absolute Gasteiger partial charge is 0.163 e. The number of benzene rings is 2. The Morgan fingerprint density at radius 2 is 1.71 bits per heavy atom. The van der Waals surface area contributed by atoms with Crippen LogP contribution in [0.5, 0.6) is 23.0 Å². The van der Waals surface area contributed by atoms with Crippen molar-refractivity contribution < 1.29 is 28.4 Å². The molecule has 152 valence electrons. The Morgan fingerprint density at radius 1 is 1.00 bits per heavy atom. The molecule has 1 aliphatic rings. The van der Waals surface area contributed by atoms with Gasteiger partial charge in [0.1, 0.15) is 29.5 Å². The molecule has 28 heavy (non-hydrogen) atoms. The highest BCUT2D eigenvalue weighted by atomic mass is 19.1. The molecule has 2 aromatic carbocycles. The molecule has 3 rings (SSSR count). The summed E-state index contributed by atoms with van der Waals surface area (Å²) in [7, 11) is 4.70. The summed E-state index contributed by atoms with van der Waals surface area (Å²) in [4.78, 5) is 2.15. The maximum absolute atomic E-state index is 13.3. The number of piperidine rings is 1. The third kappa shape index (κ3) is 4.85. The van der Waals surface area contributed by atoms with Gasteiger partial charge in [-0.05, 0) is 36.2 Å². The first kappa shape index (κ1) is 20.2. The lowest BCUT2D eigenvalue weighted by Crippen LogP contribution is -2.48. The van der Waals surface area contributed by atoms with Crippen molar-refractivity contribution >= 4 is 0 Å². The fourth-order valence-electron chi connectivity index (χ4n) is 3.37. The summed E-state index contributed by atoms with van der Waals surface area (Å²) in [5, 5.41) is 10.6. The minimum absolute atomic E-state index is 0.318. The fourth-order valence-corrected chi connectivity index (χ4v) is 3.37. The van der Waals surface area contributed by atoms with Crippen LogP contribution in [0.1, 0.15) is 12.0 Å². The largest absolute Gasteiger partial charge is 0.497 e. The van der Waals surface area contributed by atoms with Crippen molar-refractivity contribution in [3.05, 3.63) is 47.8 Å². The summed E-state index contributed by atoms with van der Waals surface area (Å²) in [6.45, 7) is 1.88. The molecule has 7 heteroatoms. The van der Waals surface area contributed by atoms with E-state index in [0.717, 1.165) is 23.6 Å². The van der Waals surface area contributed by atoms with Crippen LogP contribution in [0.15, 0.2) is 36.4 Å². The number of nitrogens with zero attached hydrogens (tertiary/aromatic N) is 1. The number of hydrogen-bond acceptors (Lipinski definition) is 6. The maximum Gasteiger partial charge on any atom is 0.163 e. The molecule has 0 unspecified atom stereocenters. The molecule has 6 nitrogen and oxygen atoms in total. The van der Waals surface area contributed by atoms with E-state index in [9.17, 15) is 9.50 Å². The van der Waals surface area contributed by atoms with Gasteiger partial charge in [0, 0.05) is 31.8 Å². The first-order valence-corrected chi connectivity index (χ1v) is 9.15. The van der Waals surface area contributed by atoms with Crippen molar-refractivity contribution in [3.8, 4) is 23.0 Å². The van der Waals surface area contributed by atoms with Gasteiger partial charge < -0.3 is 24.1 Å². The van der Waals surface area contributed by atoms with Gasteiger partial charge in [0.25, 0.3) is 0 Å². The second kappa shape index (κ2) is 9.12. The molecule has 0 amide bonds. The maximum atomic E-state index is 13.3. The minimum atomic E-state index is -0.670. The Kier molecular flexibility index (Phi) is 6.59. The van der Waals surface area contributed by atoms with Crippen LogP contribution in [-0.4, -0.2) is 56.6 Å². The molecule has 1 heterocycles. The first-order chi connectivity index (χ1) is 13.5. The third-order valence-electron chi connectivity index (χ3n) is 4.83. The van der Waals surface area contributed by atoms with E-state index in [2.05, 4.69) is 4.90 Å². The van der Waals surface area contributed by atoms with Crippen LogP contribution in [-0.2, 0) is 6.54 Å². The molecule has 0 saturated carbocycles. The molecule has 2 atom stereocenters. The second-order valence-electron chi connectivity index (χ2n) is 6.76. The SMILES string of the molecule is COc1cc(CN2CC[C@@H](Oc3ccc(F)cc3OC)[C@H](O)C2)cc(OC)c1. The van der Waals surface area contributed by atoms with Gasteiger partial charge in [0.15, 0.2) is 11.5 Å². The van der Waals surface area contributed by atoms with E-state index in [-0.39, 0.29) is 6.10 Å². The van der Waals surface area contributed by atoms with Crippen LogP contribution >= 0.6 is 0 Å². The van der Waals surface area contributed by atoms with Crippen LogP contribution in [0, 0.1) is 5.82 Å². The zero-order valence-electron chi connectivity index (χ0n) is 16.4. The molecular weight excluding hydrogens is 365 g/mol. The van der Waals surface area contributed by atoms with Crippen LogP contribution < -0.4 is 18.9 Å². The van der Waals surface area contributed by atoms with Crippen molar-refractivity contribution in [2.45, 2.75) is 25.2 Å². The number of likely N-dealkylation sites (tertiary alicyclic amines) is 1. The van der Waals surface area contributed by atoms with E-state index in [0.29, 0.717) is 31.0 Å². The summed E-state index contributed by atoms with van der Waals surface area (Å²) < 4.78 is 35.0. The predicted molar refractivity (Wildman–Crippen MR) is 103 cm³/mol. The van der Waals surface area contributed by atoms with Gasteiger partial charge in [-0.3, -0.25) is 4.90 Å². The van der Waals surface area contributed by atoms with Gasteiger partial charge in [0.05, 0.1) is 21.3 Å². The van der Waals surface area contributed by atoms with Crippen molar-refractivity contribution in [2.75, 3.05) is 34.4 Å². The average Bonchev–Trinajstić information content (AvgIpc) is 2.70. The van der Waals surface area contributed by atoms with E-state index in [1.807, 2.05) is 18.2 Å². The van der Waals surface area contributed by atoms with Crippen LogP contribution in [0.2, 0.25) is 0 Å². The monoisotopic (exact) mass is 391 g/mol. The fraction of sp³-hybridized carbons (Fsp3) is 0.429. The Labute approximate surface area is 164 Å². The molecule has 0 radical (unpaired) electrons. The lowest BCUT2D eigenvalue weighted by molar-refractivity contribution is -0.0283. The van der Waals surface area contributed by atoms with Gasteiger partial charge in [-0.15, -0.1) is 0 Å². The van der Waals surface area contributed by atoms with E-state index < -0.39 is 11.9 Å². The van der Waals surface area contributed by atoms with Crippen molar-refractivity contribution in [1.82, 2.24) is 4.90 Å². The Hall–Kier alpha value is -2.51. The van der Waals surface area contributed by atoms with Crippen LogP contribution in [0.25, 0.3) is 0 Å². The minimum Gasteiger partial charge on any atom is -0.497 e. The standard InChI is InChI=1S/C21H26FNO5/c1-25-16-8-14(9-17(11-16)26-2)12-23-7-6-19(18(24)13-23)28-20-5-4-15(22)10-21(20)27-3/h4-5,8-11,18-19,24H,6-7,12-13H2,1-3H3/t18-,19-/m1/s1. The molecular formula is C21H26FNO5. The van der Waals surface area contributed by atoms with E-state index in [1.54, 1.807) is 14.2 Å². The molecule has 0 spiro atoms. The topological polar surface area (TPSA) is 60.4 Å². The van der Waals surface area contributed by atoms with E-state index in [1.165, 1.54) is 25.3 Å². The third-order valence-corrected chi connectivity index (χ3v) is 4.83. The normalized spacial score (nSPS) is 19.9. The number of halogens is 1. The molecule has 0 aromatic heterocycles. The van der Waals surface area contributed by atoms with Gasteiger partial charge >= 0.3 is 0 Å². The van der Waals surface area contributed by atoms with Crippen molar-refractivity contribution in [2.24, 2.45) is 0 Å². The van der Waals surface area contributed by atoms with Gasteiger partial charge in [-0.1, -0.05) is 0 Å². The number of rotatable bonds is 7. The molecule has 2 aromatic rings. The van der Waals surface area contributed by atoms with Crippen LogP contribution in [0.4, 0.5) is 4.39 Å². The number of ether oxygens (including phenoxy) is 4. The van der Waals surface area contributed by atoms with E-state index >= 15 is 0 Å². The van der Waals surface area contributed by atoms with Crippen molar-refractivity contribution in [1.29, 1.82) is 0 Å². The number of aliphatic hydroxyl groups excluding tert-OH is 1. The van der Waals surface area contributed by atoms with Crippen molar-refractivity contribution in [3.63, 3.8) is 0 Å². The summed E-state index contributed by atoms with van der Waals surface area (Å²) in [6, 6.07) is 9.86. The predicted octanol–water partition coefficient (Wildman–Crippen LogP) is 2.87. The van der Waals surface area contributed by atoms with Gasteiger partial charge in [0.2, 0.25) is 0 Å². The first-order valence-electron chi connectivity index (χ1n) is 9.15. The zero-order valence-corrected chi connectivity index (χ0v) is 16.4. The quantitative estimate of drug-likeness (QED) is 0.783. The molecule has 0 bridgehead atoms. The highest BCUT2D eigenvalue weighted by Crippen LogP contribution is 2.31. The Bertz CT molecular complexity index is 778. The molecule has 1 saturated heterocycles. The zero-order chi connectivity index (χ0) is 20.1. The summed E-state index contributed by atoms with van der Waals surface area (Å²) in [5.41, 5.74) is 1.04. The Balaban J connectivity index is 1.62. The second-order valence-corrected chi connectivity index (χ2v) is 6.76. The summed E-state index contributed by atoms with van der Waals surface area (Å²) in [6.07, 6.45) is -0.408. The molecule has 1 aliphatic heterocycles. The molecule has 1 fully saturated rings. The number of methoxy groups -OCH3 is 3. The number of aliphatic hydroxyl groups is 1. The Morgan fingerprint density at radius 3 is 2.32 bits per heavy atom. The lowest BCUT2D eigenvalue weighted by Gasteiger charge is -2.36. The summed E-state index contributed by atoms with van der Waals surface area (Å²) in [5.74, 6) is 1.82. The molecule has 0 aliphatic carbocycles. The molecule has 1 N–H and O–H groups in total. The number of hydrogen-bond donors (Lipinski definition) is 1. The highest BCUT2D eigenvalue weighted by molar-refractivity contribution is 5.40. The van der Waals surface area contributed by atoms with E-state index in [4.69, 9.17) is 18.9 Å². The van der Waals surface area contributed by atoms with Gasteiger partial charge in [-0.2, -0.15) is 0 Å². The highest BCUT2D eigenvalue weighted by Gasteiger charge is 2.30.